The van der Waals surface area contributed by atoms with Gasteiger partial charge in [-0.25, -0.2) is 8.42 Å². The van der Waals surface area contributed by atoms with E-state index in [9.17, 15) is 8.42 Å². The second-order valence-electron chi connectivity index (χ2n) is 7.15. The predicted molar refractivity (Wildman–Crippen MR) is 106 cm³/mol. The summed E-state index contributed by atoms with van der Waals surface area (Å²) in [6.45, 7) is 8.99. The van der Waals surface area contributed by atoms with E-state index in [4.69, 9.17) is 0 Å². The number of nitrogens with one attached hydrogen (secondary N) is 1. The third-order valence-electron chi connectivity index (χ3n) is 4.83. The van der Waals surface area contributed by atoms with Gasteiger partial charge in [0.2, 0.25) is 0 Å². The van der Waals surface area contributed by atoms with Crippen LogP contribution in [-0.4, -0.2) is 51.4 Å². The zero-order valence-electron chi connectivity index (χ0n) is 15.7. The van der Waals surface area contributed by atoms with Gasteiger partial charge in [-0.1, -0.05) is 29.8 Å². The van der Waals surface area contributed by atoms with Crippen LogP contribution in [0.1, 0.15) is 16.7 Å². The molecule has 0 radical (unpaired) electrons. The topological polar surface area (TPSA) is 52.7 Å². The lowest BCUT2D eigenvalue weighted by atomic mass is 10.2. The van der Waals surface area contributed by atoms with Crippen molar-refractivity contribution in [1.29, 1.82) is 0 Å². The summed E-state index contributed by atoms with van der Waals surface area (Å²) in [5.74, 6) is 0. The molecule has 6 heteroatoms. The molecule has 2 aromatic rings. The summed E-state index contributed by atoms with van der Waals surface area (Å²) in [5, 5.41) is 0. The standard InChI is InChI=1S/C20H27N3O2S/c1-16-4-9-20(17(2)14-16)26(24,25)21-19-7-5-18(6-8-19)15-23-12-10-22(3)11-13-23/h4-9,14,21H,10-13,15H2,1-3H3. The number of nitrogens with zero attached hydrogens (tertiary/aromatic N) is 2. The summed E-state index contributed by atoms with van der Waals surface area (Å²) in [6, 6.07) is 13.0. The van der Waals surface area contributed by atoms with Gasteiger partial charge < -0.3 is 4.90 Å². The Morgan fingerprint density at radius 3 is 2.23 bits per heavy atom. The molecule has 1 N–H and O–H groups in total. The molecule has 0 amide bonds. The van der Waals surface area contributed by atoms with E-state index in [1.54, 1.807) is 6.07 Å². The molecular formula is C20H27N3O2S. The van der Waals surface area contributed by atoms with Crippen LogP contribution in [0.15, 0.2) is 47.4 Å². The van der Waals surface area contributed by atoms with Gasteiger partial charge in [-0.3, -0.25) is 9.62 Å². The second-order valence-corrected chi connectivity index (χ2v) is 8.80. The molecule has 0 spiro atoms. The highest BCUT2D eigenvalue weighted by Gasteiger charge is 2.17. The van der Waals surface area contributed by atoms with Gasteiger partial charge in [0.05, 0.1) is 4.90 Å². The average molecular weight is 374 g/mol. The Morgan fingerprint density at radius 2 is 1.62 bits per heavy atom. The van der Waals surface area contributed by atoms with Crippen LogP contribution in [0.25, 0.3) is 0 Å². The van der Waals surface area contributed by atoms with Crippen LogP contribution in [-0.2, 0) is 16.6 Å². The van der Waals surface area contributed by atoms with Crippen molar-refractivity contribution in [2.45, 2.75) is 25.3 Å². The lowest BCUT2D eigenvalue weighted by Gasteiger charge is -2.32. The van der Waals surface area contributed by atoms with Crippen molar-refractivity contribution < 1.29 is 8.42 Å². The maximum absolute atomic E-state index is 12.6. The van der Waals surface area contributed by atoms with Gasteiger partial charge >= 0.3 is 0 Å². The Bertz CT molecular complexity index is 855. The van der Waals surface area contributed by atoms with Gasteiger partial charge in [0, 0.05) is 38.4 Å². The lowest BCUT2D eigenvalue weighted by molar-refractivity contribution is 0.148. The SMILES string of the molecule is Cc1ccc(S(=O)(=O)Nc2ccc(CN3CCN(C)CC3)cc2)c(C)c1. The minimum atomic E-state index is -3.57. The van der Waals surface area contributed by atoms with Crippen LogP contribution in [0, 0.1) is 13.8 Å². The van der Waals surface area contributed by atoms with Gasteiger partial charge in [0.15, 0.2) is 0 Å². The Morgan fingerprint density at radius 1 is 0.962 bits per heavy atom. The molecule has 140 valence electrons. The molecule has 0 bridgehead atoms. The second kappa shape index (κ2) is 7.78. The average Bonchev–Trinajstić information content (AvgIpc) is 2.58. The zero-order valence-corrected chi connectivity index (χ0v) is 16.5. The molecular weight excluding hydrogens is 346 g/mol. The quantitative estimate of drug-likeness (QED) is 0.876. The van der Waals surface area contributed by atoms with Gasteiger partial charge in [0.1, 0.15) is 0 Å². The highest BCUT2D eigenvalue weighted by atomic mass is 32.2. The highest BCUT2D eigenvalue weighted by Crippen LogP contribution is 2.21. The van der Waals surface area contributed by atoms with Crippen LogP contribution < -0.4 is 4.72 Å². The molecule has 0 unspecified atom stereocenters. The van der Waals surface area contributed by atoms with E-state index in [1.807, 2.05) is 50.2 Å². The van der Waals surface area contributed by atoms with E-state index in [2.05, 4.69) is 21.6 Å². The summed E-state index contributed by atoms with van der Waals surface area (Å²) in [5.41, 5.74) is 3.59. The monoisotopic (exact) mass is 373 g/mol. The molecule has 0 aromatic heterocycles. The molecule has 0 saturated carbocycles. The minimum absolute atomic E-state index is 0.324. The third kappa shape index (κ3) is 4.63. The Hall–Kier alpha value is -1.89. The van der Waals surface area contributed by atoms with Crippen LogP contribution in [0.5, 0.6) is 0 Å². The Labute approximate surface area is 156 Å². The van der Waals surface area contributed by atoms with Crippen LogP contribution in [0.4, 0.5) is 5.69 Å². The van der Waals surface area contributed by atoms with Crippen molar-refractivity contribution >= 4 is 15.7 Å². The summed E-state index contributed by atoms with van der Waals surface area (Å²) in [7, 11) is -1.43. The fraction of sp³-hybridized carbons (Fsp3) is 0.400. The van der Waals surface area contributed by atoms with Crippen molar-refractivity contribution in [3.63, 3.8) is 0 Å². The smallest absolute Gasteiger partial charge is 0.262 e. The van der Waals surface area contributed by atoms with Gasteiger partial charge in [-0.15, -0.1) is 0 Å². The van der Waals surface area contributed by atoms with Gasteiger partial charge in [0.25, 0.3) is 10.0 Å². The number of hydrogen-bond donors (Lipinski definition) is 1. The molecule has 2 aromatic carbocycles. The van der Waals surface area contributed by atoms with Crippen LogP contribution in [0.3, 0.4) is 0 Å². The Kier molecular flexibility index (Phi) is 5.65. The normalized spacial score (nSPS) is 16.6. The number of rotatable bonds is 5. The number of piperazine rings is 1. The number of aryl methyl sites for hydroxylation is 2. The largest absolute Gasteiger partial charge is 0.304 e. The fourth-order valence-electron chi connectivity index (χ4n) is 3.25. The van der Waals surface area contributed by atoms with E-state index >= 15 is 0 Å². The number of hydrogen-bond acceptors (Lipinski definition) is 4. The molecule has 1 aliphatic rings. The fourth-order valence-corrected chi connectivity index (χ4v) is 4.54. The summed E-state index contributed by atoms with van der Waals surface area (Å²) in [4.78, 5) is 5.08. The minimum Gasteiger partial charge on any atom is -0.304 e. The number of likely N-dealkylation sites (N-methyl/N-ethyl adjacent to an activating group) is 1. The lowest BCUT2D eigenvalue weighted by Crippen LogP contribution is -2.43. The van der Waals surface area contributed by atoms with Crippen molar-refractivity contribution in [2.24, 2.45) is 0 Å². The maximum Gasteiger partial charge on any atom is 0.262 e. The van der Waals surface area contributed by atoms with Crippen LogP contribution in [0.2, 0.25) is 0 Å². The molecule has 1 saturated heterocycles. The summed E-state index contributed by atoms with van der Waals surface area (Å²) >= 11 is 0. The number of sulfonamides is 1. The van der Waals surface area contributed by atoms with Crippen LogP contribution >= 0.6 is 0 Å². The van der Waals surface area contributed by atoms with Gasteiger partial charge in [-0.2, -0.15) is 0 Å². The van der Waals surface area contributed by atoms with Gasteiger partial charge in [-0.05, 0) is 50.2 Å². The molecule has 0 aliphatic carbocycles. The van der Waals surface area contributed by atoms with E-state index in [1.165, 1.54) is 5.56 Å². The number of benzene rings is 2. The first-order valence-corrected chi connectivity index (χ1v) is 10.4. The molecule has 1 heterocycles. The van der Waals surface area contributed by atoms with Crippen molar-refractivity contribution in [3.05, 3.63) is 59.2 Å². The van der Waals surface area contributed by atoms with E-state index in [0.717, 1.165) is 43.9 Å². The maximum atomic E-state index is 12.6. The van der Waals surface area contributed by atoms with E-state index < -0.39 is 10.0 Å². The Balaban J connectivity index is 1.67. The van der Waals surface area contributed by atoms with E-state index in [-0.39, 0.29) is 0 Å². The summed E-state index contributed by atoms with van der Waals surface area (Å²) < 4.78 is 28.0. The molecule has 5 nitrogen and oxygen atoms in total. The number of anilines is 1. The molecule has 1 aliphatic heterocycles. The van der Waals surface area contributed by atoms with Crippen molar-refractivity contribution in [2.75, 3.05) is 37.9 Å². The molecule has 3 rings (SSSR count). The van der Waals surface area contributed by atoms with Crippen molar-refractivity contribution in [1.82, 2.24) is 9.80 Å². The first kappa shape index (κ1) is 18.9. The zero-order chi connectivity index (χ0) is 18.7. The summed E-state index contributed by atoms with van der Waals surface area (Å²) in [6.07, 6.45) is 0. The molecule has 0 atom stereocenters. The van der Waals surface area contributed by atoms with E-state index in [0.29, 0.717) is 10.6 Å². The third-order valence-corrected chi connectivity index (χ3v) is 6.37. The first-order chi connectivity index (χ1) is 12.3. The predicted octanol–water partition coefficient (Wildman–Crippen LogP) is 2.85. The highest BCUT2D eigenvalue weighted by molar-refractivity contribution is 7.92. The van der Waals surface area contributed by atoms with Crippen molar-refractivity contribution in [3.8, 4) is 0 Å². The molecule has 1 fully saturated rings. The molecule has 26 heavy (non-hydrogen) atoms. The first-order valence-electron chi connectivity index (χ1n) is 8.93.